The first kappa shape index (κ1) is 13.7. The van der Waals surface area contributed by atoms with Gasteiger partial charge < -0.3 is 14.8 Å². The second-order valence-corrected chi connectivity index (χ2v) is 6.23. The third kappa shape index (κ3) is 2.60. The Bertz CT molecular complexity index is 594. The molecule has 0 amide bonds. The standard InChI is InChI=1S/C17H23NO2/c1-12-6-5-7-13-10-15(20-16(12)13)17(2,19)11-14-8-3-4-9-18-14/h5-7,10,14,18-19H,3-4,8-9,11H2,1-2H3. The van der Waals surface area contributed by atoms with E-state index in [1.54, 1.807) is 0 Å². The molecule has 0 bridgehead atoms. The van der Waals surface area contributed by atoms with Gasteiger partial charge in [0.15, 0.2) is 0 Å². The van der Waals surface area contributed by atoms with E-state index in [-0.39, 0.29) is 0 Å². The molecular formula is C17H23NO2. The first-order valence-corrected chi connectivity index (χ1v) is 7.52. The molecule has 0 saturated carbocycles. The average molecular weight is 273 g/mol. The molecule has 2 unspecified atom stereocenters. The van der Waals surface area contributed by atoms with E-state index < -0.39 is 5.60 Å². The monoisotopic (exact) mass is 273 g/mol. The molecule has 2 aromatic rings. The smallest absolute Gasteiger partial charge is 0.137 e. The summed E-state index contributed by atoms with van der Waals surface area (Å²) in [5.41, 5.74) is 1.08. The molecule has 108 valence electrons. The maximum absolute atomic E-state index is 10.8. The van der Waals surface area contributed by atoms with Crippen molar-refractivity contribution in [2.75, 3.05) is 6.54 Å². The van der Waals surface area contributed by atoms with Crippen molar-refractivity contribution in [1.29, 1.82) is 0 Å². The van der Waals surface area contributed by atoms with Gasteiger partial charge in [-0.05, 0) is 51.3 Å². The summed E-state index contributed by atoms with van der Waals surface area (Å²) in [5, 5.41) is 15.4. The molecule has 1 aromatic heterocycles. The number of rotatable bonds is 3. The van der Waals surface area contributed by atoms with Gasteiger partial charge in [-0.1, -0.05) is 24.6 Å². The molecule has 2 atom stereocenters. The molecule has 1 aliphatic heterocycles. The summed E-state index contributed by atoms with van der Waals surface area (Å²) >= 11 is 0. The maximum Gasteiger partial charge on any atom is 0.137 e. The molecular weight excluding hydrogens is 250 g/mol. The van der Waals surface area contributed by atoms with Crippen molar-refractivity contribution in [3.63, 3.8) is 0 Å². The summed E-state index contributed by atoms with van der Waals surface area (Å²) in [5.74, 6) is 0.675. The number of hydrogen-bond donors (Lipinski definition) is 2. The van der Waals surface area contributed by atoms with Crippen LogP contribution in [0.15, 0.2) is 28.7 Å². The fourth-order valence-corrected chi connectivity index (χ4v) is 3.15. The largest absolute Gasteiger partial charge is 0.458 e. The van der Waals surface area contributed by atoms with E-state index in [1.807, 2.05) is 38.1 Å². The van der Waals surface area contributed by atoms with E-state index in [2.05, 4.69) is 5.32 Å². The highest BCUT2D eigenvalue weighted by atomic mass is 16.4. The van der Waals surface area contributed by atoms with E-state index in [4.69, 9.17) is 4.42 Å². The highest BCUT2D eigenvalue weighted by Gasteiger charge is 2.31. The lowest BCUT2D eigenvalue weighted by molar-refractivity contribution is 0.0139. The van der Waals surface area contributed by atoms with Crippen LogP contribution in [0.1, 0.15) is 43.9 Å². The first-order chi connectivity index (χ1) is 9.56. The van der Waals surface area contributed by atoms with Crippen LogP contribution in [0.25, 0.3) is 11.0 Å². The number of furan rings is 1. The van der Waals surface area contributed by atoms with Crippen LogP contribution in [0.4, 0.5) is 0 Å². The molecule has 3 nitrogen and oxygen atoms in total. The number of fused-ring (bicyclic) bond motifs is 1. The minimum absolute atomic E-state index is 0.382. The molecule has 0 radical (unpaired) electrons. The summed E-state index contributed by atoms with van der Waals surface area (Å²) in [6, 6.07) is 8.45. The Morgan fingerprint density at radius 1 is 1.40 bits per heavy atom. The van der Waals surface area contributed by atoms with Gasteiger partial charge in [-0.15, -0.1) is 0 Å². The summed E-state index contributed by atoms with van der Waals surface area (Å²) in [4.78, 5) is 0. The predicted octanol–water partition coefficient (Wildman–Crippen LogP) is 3.48. The van der Waals surface area contributed by atoms with Gasteiger partial charge in [0.2, 0.25) is 0 Å². The number of nitrogens with one attached hydrogen (secondary N) is 1. The lowest BCUT2D eigenvalue weighted by atomic mass is 9.90. The fraction of sp³-hybridized carbons (Fsp3) is 0.529. The molecule has 2 N–H and O–H groups in total. The van der Waals surface area contributed by atoms with Gasteiger partial charge in [0.1, 0.15) is 16.9 Å². The number of piperidine rings is 1. The van der Waals surface area contributed by atoms with Gasteiger partial charge in [0.25, 0.3) is 0 Å². The van der Waals surface area contributed by atoms with Crippen LogP contribution >= 0.6 is 0 Å². The average Bonchev–Trinajstić information content (AvgIpc) is 2.86. The number of benzene rings is 1. The van der Waals surface area contributed by atoms with Crippen molar-refractivity contribution in [2.45, 2.75) is 51.2 Å². The van der Waals surface area contributed by atoms with Crippen molar-refractivity contribution in [2.24, 2.45) is 0 Å². The van der Waals surface area contributed by atoms with Crippen molar-refractivity contribution < 1.29 is 9.52 Å². The number of aliphatic hydroxyl groups is 1. The number of para-hydroxylation sites is 1. The maximum atomic E-state index is 10.8. The zero-order valence-corrected chi connectivity index (χ0v) is 12.3. The van der Waals surface area contributed by atoms with Crippen molar-refractivity contribution in [1.82, 2.24) is 5.32 Å². The lowest BCUT2D eigenvalue weighted by Gasteiger charge is -2.30. The van der Waals surface area contributed by atoms with Crippen molar-refractivity contribution in [3.05, 3.63) is 35.6 Å². The second-order valence-electron chi connectivity index (χ2n) is 6.23. The molecule has 3 heteroatoms. The molecule has 0 aliphatic carbocycles. The minimum atomic E-state index is -0.916. The van der Waals surface area contributed by atoms with Gasteiger partial charge >= 0.3 is 0 Å². The Balaban J connectivity index is 1.86. The molecule has 3 rings (SSSR count). The minimum Gasteiger partial charge on any atom is -0.458 e. The zero-order chi connectivity index (χ0) is 14.2. The van der Waals surface area contributed by atoms with Crippen LogP contribution in [0.3, 0.4) is 0 Å². The lowest BCUT2D eigenvalue weighted by Crippen LogP contribution is -2.39. The van der Waals surface area contributed by atoms with E-state index in [1.165, 1.54) is 12.8 Å². The molecule has 20 heavy (non-hydrogen) atoms. The highest BCUT2D eigenvalue weighted by molar-refractivity contribution is 5.81. The van der Waals surface area contributed by atoms with E-state index in [0.717, 1.165) is 29.5 Å². The topological polar surface area (TPSA) is 45.4 Å². The molecule has 1 saturated heterocycles. The Kier molecular flexibility index (Phi) is 3.57. The van der Waals surface area contributed by atoms with Crippen LogP contribution in [0, 0.1) is 6.92 Å². The molecule has 0 spiro atoms. The molecule has 1 fully saturated rings. The second kappa shape index (κ2) is 5.23. The summed E-state index contributed by atoms with van der Waals surface area (Å²) in [6.07, 6.45) is 4.32. The Morgan fingerprint density at radius 2 is 2.25 bits per heavy atom. The predicted molar refractivity (Wildman–Crippen MR) is 80.8 cm³/mol. The summed E-state index contributed by atoms with van der Waals surface area (Å²) in [6.45, 7) is 4.95. The normalized spacial score (nSPS) is 22.9. The number of hydrogen-bond acceptors (Lipinski definition) is 3. The fourth-order valence-electron chi connectivity index (χ4n) is 3.15. The van der Waals surface area contributed by atoms with Crippen molar-refractivity contribution >= 4 is 11.0 Å². The van der Waals surface area contributed by atoms with Gasteiger partial charge in [-0.2, -0.15) is 0 Å². The van der Waals surface area contributed by atoms with E-state index in [9.17, 15) is 5.11 Å². The molecule has 1 aromatic carbocycles. The van der Waals surface area contributed by atoms with Crippen LogP contribution < -0.4 is 5.32 Å². The van der Waals surface area contributed by atoms with Crippen LogP contribution in [-0.2, 0) is 5.60 Å². The quantitative estimate of drug-likeness (QED) is 0.900. The van der Waals surface area contributed by atoms with Gasteiger partial charge in [-0.25, -0.2) is 0 Å². The van der Waals surface area contributed by atoms with Gasteiger partial charge in [-0.3, -0.25) is 0 Å². The third-order valence-corrected chi connectivity index (χ3v) is 4.33. The third-order valence-electron chi connectivity index (χ3n) is 4.33. The van der Waals surface area contributed by atoms with Crippen LogP contribution in [0.2, 0.25) is 0 Å². The summed E-state index contributed by atoms with van der Waals surface area (Å²) in [7, 11) is 0. The molecule has 1 aliphatic rings. The molecule has 2 heterocycles. The van der Waals surface area contributed by atoms with Crippen LogP contribution in [-0.4, -0.2) is 17.7 Å². The van der Waals surface area contributed by atoms with E-state index >= 15 is 0 Å². The SMILES string of the molecule is Cc1cccc2cc(C(C)(O)CC3CCCCN3)oc12. The van der Waals surface area contributed by atoms with Crippen molar-refractivity contribution in [3.8, 4) is 0 Å². The highest BCUT2D eigenvalue weighted by Crippen LogP contribution is 2.33. The van der Waals surface area contributed by atoms with Gasteiger partial charge in [0, 0.05) is 11.4 Å². The van der Waals surface area contributed by atoms with E-state index in [0.29, 0.717) is 18.2 Å². The number of aryl methyl sites for hydroxylation is 1. The Morgan fingerprint density at radius 3 is 2.95 bits per heavy atom. The van der Waals surface area contributed by atoms with Gasteiger partial charge in [0.05, 0.1) is 0 Å². The Labute approximate surface area is 120 Å². The summed E-state index contributed by atoms with van der Waals surface area (Å²) < 4.78 is 5.93. The Hall–Kier alpha value is -1.32. The van der Waals surface area contributed by atoms with Crippen LogP contribution in [0.5, 0.6) is 0 Å². The zero-order valence-electron chi connectivity index (χ0n) is 12.3. The first-order valence-electron chi connectivity index (χ1n) is 7.52.